The lowest BCUT2D eigenvalue weighted by Gasteiger charge is -2.22. The Hall–Kier alpha value is -1.07. The molecule has 1 rings (SSSR count). The summed E-state index contributed by atoms with van der Waals surface area (Å²) < 4.78 is 0. The summed E-state index contributed by atoms with van der Waals surface area (Å²) in [5.74, 6) is -0.219. The lowest BCUT2D eigenvalue weighted by Crippen LogP contribution is -2.40. The van der Waals surface area contributed by atoms with Crippen LogP contribution in [0, 0.1) is 0 Å². The minimum Gasteiger partial charge on any atom is -0.397 e. The maximum atomic E-state index is 11.7. The maximum absolute atomic E-state index is 11.7. The van der Waals surface area contributed by atoms with E-state index in [1.54, 1.807) is 18.4 Å². The molecule has 0 saturated carbocycles. The Labute approximate surface area is 99.5 Å². The highest BCUT2D eigenvalue weighted by Gasteiger charge is 2.21. The number of nitrogens with one attached hydrogen (secondary N) is 1. The van der Waals surface area contributed by atoms with Crippen molar-refractivity contribution in [3.05, 3.63) is 16.3 Å². The molecule has 5 heteroatoms. The van der Waals surface area contributed by atoms with Gasteiger partial charge < -0.3 is 16.2 Å². The average molecular weight is 242 g/mol. The largest absolute Gasteiger partial charge is 0.397 e. The number of carbonyl (C=O) groups is 1. The molecule has 4 N–H and O–H groups in total. The molecular formula is C11H18N2O2S. The normalized spacial score (nSPS) is 14.4. The third-order valence-electron chi connectivity index (χ3n) is 2.32. The van der Waals surface area contributed by atoms with Crippen LogP contribution in [0.25, 0.3) is 0 Å². The second kappa shape index (κ2) is 5.32. The highest BCUT2D eigenvalue weighted by molar-refractivity contribution is 7.12. The SMILES string of the molecule is CCCC(C)(O)CNC(=O)c1sccc1N. The molecule has 0 bridgehead atoms. The van der Waals surface area contributed by atoms with E-state index in [1.165, 1.54) is 11.3 Å². The molecule has 16 heavy (non-hydrogen) atoms. The van der Waals surface area contributed by atoms with Crippen LogP contribution in [0.1, 0.15) is 36.4 Å². The fourth-order valence-electron chi connectivity index (χ4n) is 1.48. The Morgan fingerprint density at radius 1 is 1.69 bits per heavy atom. The van der Waals surface area contributed by atoms with Gasteiger partial charge in [0, 0.05) is 6.54 Å². The van der Waals surface area contributed by atoms with E-state index >= 15 is 0 Å². The Balaban J connectivity index is 2.51. The second-order valence-corrected chi connectivity index (χ2v) is 5.05. The first-order valence-corrected chi connectivity index (χ1v) is 6.18. The van der Waals surface area contributed by atoms with E-state index in [4.69, 9.17) is 5.73 Å². The molecule has 1 aromatic rings. The van der Waals surface area contributed by atoms with E-state index in [0.29, 0.717) is 17.0 Å². The van der Waals surface area contributed by atoms with Crippen molar-refractivity contribution in [1.29, 1.82) is 0 Å². The van der Waals surface area contributed by atoms with Gasteiger partial charge in [-0.3, -0.25) is 4.79 Å². The number of nitrogen functional groups attached to an aromatic ring is 1. The van der Waals surface area contributed by atoms with Crippen LogP contribution in [0.4, 0.5) is 5.69 Å². The minimum absolute atomic E-state index is 0.219. The van der Waals surface area contributed by atoms with Crippen molar-refractivity contribution in [2.75, 3.05) is 12.3 Å². The lowest BCUT2D eigenvalue weighted by atomic mass is 10.0. The third kappa shape index (κ3) is 3.50. The minimum atomic E-state index is -0.851. The predicted molar refractivity (Wildman–Crippen MR) is 66.6 cm³/mol. The summed E-state index contributed by atoms with van der Waals surface area (Å²) >= 11 is 1.30. The molecule has 0 saturated heterocycles. The van der Waals surface area contributed by atoms with Gasteiger partial charge in [-0.15, -0.1) is 11.3 Å². The van der Waals surface area contributed by atoms with E-state index in [2.05, 4.69) is 5.32 Å². The maximum Gasteiger partial charge on any atom is 0.263 e. The van der Waals surface area contributed by atoms with Gasteiger partial charge in [0.25, 0.3) is 5.91 Å². The molecule has 1 atom stereocenters. The van der Waals surface area contributed by atoms with Crippen molar-refractivity contribution in [2.45, 2.75) is 32.3 Å². The zero-order valence-corrected chi connectivity index (χ0v) is 10.4. The number of amides is 1. The van der Waals surface area contributed by atoms with Crippen molar-refractivity contribution in [1.82, 2.24) is 5.32 Å². The number of hydrogen-bond acceptors (Lipinski definition) is 4. The summed E-state index contributed by atoms with van der Waals surface area (Å²) in [4.78, 5) is 12.2. The van der Waals surface area contributed by atoms with E-state index in [9.17, 15) is 9.90 Å². The van der Waals surface area contributed by atoms with Crippen LogP contribution >= 0.6 is 11.3 Å². The molecule has 1 unspecified atom stereocenters. The van der Waals surface area contributed by atoms with Crippen molar-refractivity contribution in [3.8, 4) is 0 Å². The van der Waals surface area contributed by atoms with Gasteiger partial charge in [0.2, 0.25) is 0 Å². The standard InChI is InChI=1S/C11H18N2O2S/c1-3-5-11(2,15)7-13-10(14)9-8(12)4-6-16-9/h4,6,15H,3,5,7,12H2,1-2H3,(H,13,14). The first kappa shape index (κ1) is 13.0. The molecular weight excluding hydrogens is 224 g/mol. The monoisotopic (exact) mass is 242 g/mol. The lowest BCUT2D eigenvalue weighted by molar-refractivity contribution is 0.0470. The number of aliphatic hydroxyl groups is 1. The van der Waals surface area contributed by atoms with Crippen LogP contribution < -0.4 is 11.1 Å². The van der Waals surface area contributed by atoms with Gasteiger partial charge in [-0.25, -0.2) is 0 Å². The van der Waals surface area contributed by atoms with Gasteiger partial charge in [0.15, 0.2) is 0 Å². The van der Waals surface area contributed by atoms with Gasteiger partial charge in [-0.2, -0.15) is 0 Å². The summed E-state index contributed by atoms with van der Waals surface area (Å²) in [6, 6.07) is 1.70. The molecule has 0 spiro atoms. The number of hydrogen-bond donors (Lipinski definition) is 3. The molecule has 1 amide bonds. The Bertz CT molecular complexity index is 361. The second-order valence-electron chi connectivity index (χ2n) is 4.13. The van der Waals surface area contributed by atoms with Gasteiger partial charge in [0.1, 0.15) is 4.88 Å². The summed E-state index contributed by atoms with van der Waals surface area (Å²) in [6.07, 6.45) is 1.54. The Kier molecular flexibility index (Phi) is 4.32. The number of anilines is 1. The predicted octanol–water partition coefficient (Wildman–Crippen LogP) is 1.61. The summed E-state index contributed by atoms with van der Waals surface area (Å²) in [5, 5.41) is 14.4. The fourth-order valence-corrected chi connectivity index (χ4v) is 2.22. The summed E-state index contributed by atoms with van der Waals surface area (Å²) in [7, 11) is 0. The van der Waals surface area contributed by atoms with Gasteiger partial charge in [0.05, 0.1) is 11.3 Å². The molecule has 1 heterocycles. The Morgan fingerprint density at radius 2 is 2.38 bits per heavy atom. The highest BCUT2D eigenvalue weighted by Crippen LogP contribution is 2.18. The van der Waals surface area contributed by atoms with Crippen molar-refractivity contribution >= 4 is 22.9 Å². The van der Waals surface area contributed by atoms with E-state index in [1.807, 2.05) is 6.92 Å². The smallest absolute Gasteiger partial charge is 0.263 e. The first-order valence-electron chi connectivity index (χ1n) is 5.30. The molecule has 0 aliphatic carbocycles. The van der Waals surface area contributed by atoms with Crippen LogP contribution in [0.5, 0.6) is 0 Å². The first-order chi connectivity index (χ1) is 7.46. The van der Waals surface area contributed by atoms with Gasteiger partial charge in [-0.05, 0) is 24.8 Å². The summed E-state index contributed by atoms with van der Waals surface area (Å²) in [6.45, 7) is 3.96. The number of carbonyl (C=O) groups excluding carboxylic acids is 1. The summed E-state index contributed by atoms with van der Waals surface area (Å²) in [5.41, 5.74) is 5.26. The third-order valence-corrected chi connectivity index (χ3v) is 3.25. The fraction of sp³-hybridized carbons (Fsp3) is 0.545. The number of nitrogens with two attached hydrogens (primary N) is 1. The zero-order valence-electron chi connectivity index (χ0n) is 9.62. The van der Waals surface area contributed by atoms with Crippen LogP contribution in [-0.4, -0.2) is 23.2 Å². The highest BCUT2D eigenvalue weighted by atomic mass is 32.1. The quantitative estimate of drug-likeness (QED) is 0.734. The van der Waals surface area contributed by atoms with Crippen LogP contribution in [0.2, 0.25) is 0 Å². The van der Waals surface area contributed by atoms with Crippen LogP contribution in [0.3, 0.4) is 0 Å². The zero-order chi connectivity index (χ0) is 12.2. The van der Waals surface area contributed by atoms with E-state index in [-0.39, 0.29) is 12.5 Å². The number of thiophene rings is 1. The molecule has 0 radical (unpaired) electrons. The molecule has 0 aliphatic rings. The van der Waals surface area contributed by atoms with Crippen LogP contribution in [0.15, 0.2) is 11.4 Å². The van der Waals surface area contributed by atoms with Crippen molar-refractivity contribution < 1.29 is 9.90 Å². The molecule has 0 aromatic carbocycles. The van der Waals surface area contributed by atoms with Gasteiger partial charge in [-0.1, -0.05) is 13.3 Å². The molecule has 90 valence electrons. The molecule has 4 nitrogen and oxygen atoms in total. The molecule has 0 aliphatic heterocycles. The number of rotatable bonds is 5. The van der Waals surface area contributed by atoms with Crippen molar-refractivity contribution in [3.63, 3.8) is 0 Å². The van der Waals surface area contributed by atoms with E-state index in [0.717, 1.165) is 6.42 Å². The average Bonchev–Trinajstić information content (AvgIpc) is 2.61. The van der Waals surface area contributed by atoms with Crippen LogP contribution in [-0.2, 0) is 0 Å². The van der Waals surface area contributed by atoms with Crippen molar-refractivity contribution in [2.24, 2.45) is 0 Å². The molecule has 0 fully saturated rings. The van der Waals surface area contributed by atoms with E-state index < -0.39 is 5.60 Å². The topological polar surface area (TPSA) is 75.3 Å². The van der Waals surface area contributed by atoms with Gasteiger partial charge >= 0.3 is 0 Å². The molecule has 1 aromatic heterocycles. The Morgan fingerprint density at radius 3 is 2.88 bits per heavy atom.